The van der Waals surface area contributed by atoms with Crippen LogP contribution in [0, 0.1) is 5.92 Å². The zero-order valence-electron chi connectivity index (χ0n) is 14.8. The number of hydrogen-bond donors (Lipinski definition) is 3. The van der Waals surface area contributed by atoms with Gasteiger partial charge in [-0.3, -0.25) is 4.79 Å². The van der Waals surface area contributed by atoms with E-state index in [0.717, 1.165) is 6.42 Å². The second-order valence-electron chi connectivity index (χ2n) is 7.33. The average Bonchev–Trinajstić information content (AvgIpc) is 3.30. The van der Waals surface area contributed by atoms with Crippen LogP contribution in [0.2, 0.25) is 0 Å². The van der Waals surface area contributed by atoms with E-state index >= 15 is 0 Å². The highest BCUT2D eigenvalue weighted by atomic mass is 16.7. The number of carbonyl (C=O) groups excluding carboxylic acids is 1. The van der Waals surface area contributed by atoms with E-state index in [1.165, 1.54) is 25.7 Å². The summed E-state index contributed by atoms with van der Waals surface area (Å²) in [6.07, 6.45) is 5.03. The molecule has 4 rings (SSSR count). The zero-order chi connectivity index (χ0) is 17.9. The molecule has 2 fully saturated rings. The number of aliphatic hydroxyl groups is 1. The number of rotatable bonds is 6. The molecule has 1 aliphatic carbocycles. The second kappa shape index (κ2) is 7.72. The number of aliphatic hydroxyl groups excluding tert-OH is 1. The number of fused-ring (bicyclic) bond motifs is 2. The van der Waals surface area contributed by atoms with E-state index in [2.05, 4.69) is 10.6 Å². The molecule has 4 atom stereocenters. The normalized spacial score (nSPS) is 27.7. The molecule has 1 aromatic rings. The highest BCUT2D eigenvalue weighted by Crippen LogP contribution is 2.35. The summed E-state index contributed by atoms with van der Waals surface area (Å²) in [4.78, 5) is 12.3. The summed E-state index contributed by atoms with van der Waals surface area (Å²) in [5.41, 5.74) is 0. The van der Waals surface area contributed by atoms with Gasteiger partial charge in [0.25, 0.3) is 0 Å². The minimum absolute atomic E-state index is 0.0264. The average molecular weight is 362 g/mol. The Kier molecular flexibility index (Phi) is 5.17. The second-order valence-corrected chi connectivity index (χ2v) is 7.33. The molecule has 1 saturated carbocycles. The van der Waals surface area contributed by atoms with E-state index in [4.69, 9.17) is 14.2 Å². The summed E-state index contributed by atoms with van der Waals surface area (Å²) >= 11 is 0. The topological polar surface area (TPSA) is 89.1 Å². The van der Waals surface area contributed by atoms with Gasteiger partial charge >= 0.3 is 0 Å². The van der Waals surface area contributed by atoms with Crippen molar-refractivity contribution >= 4 is 5.91 Å². The van der Waals surface area contributed by atoms with E-state index < -0.39 is 6.10 Å². The predicted octanol–water partition coefficient (Wildman–Crippen LogP) is 1.19. The lowest BCUT2D eigenvalue weighted by Crippen LogP contribution is -2.45. The van der Waals surface area contributed by atoms with Crippen LogP contribution in [0.4, 0.5) is 0 Å². The largest absolute Gasteiger partial charge is 0.491 e. The molecule has 1 aromatic carbocycles. The molecular weight excluding hydrogens is 336 g/mol. The standard InChI is InChI=1S/C19H26N2O5/c22-13(10-24-14-5-6-17-18(8-14)26-11-25-17)9-20-19(23)16-7-12-3-1-2-4-15(12)21-16/h5-6,8,12-13,15-16,21-22H,1-4,7,9-11H2,(H,20,23). The lowest BCUT2D eigenvalue weighted by Gasteiger charge is -2.24. The van der Waals surface area contributed by atoms with Crippen molar-refractivity contribution in [2.24, 2.45) is 5.92 Å². The van der Waals surface area contributed by atoms with Crippen molar-refractivity contribution in [1.29, 1.82) is 0 Å². The molecule has 3 N–H and O–H groups in total. The number of carbonyl (C=O) groups is 1. The number of nitrogens with one attached hydrogen (secondary N) is 2. The highest BCUT2D eigenvalue weighted by Gasteiger charge is 2.38. The van der Waals surface area contributed by atoms with Gasteiger partial charge in [0.1, 0.15) is 18.5 Å². The molecule has 1 amide bonds. The lowest BCUT2D eigenvalue weighted by atomic mass is 9.85. The van der Waals surface area contributed by atoms with Crippen LogP contribution in [0.25, 0.3) is 0 Å². The van der Waals surface area contributed by atoms with Crippen LogP contribution in [-0.4, -0.2) is 49.1 Å². The Morgan fingerprint density at radius 3 is 3.04 bits per heavy atom. The molecule has 26 heavy (non-hydrogen) atoms. The van der Waals surface area contributed by atoms with Gasteiger partial charge in [-0.2, -0.15) is 0 Å². The van der Waals surface area contributed by atoms with E-state index in [-0.39, 0.29) is 31.9 Å². The van der Waals surface area contributed by atoms with E-state index in [0.29, 0.717) is 29.2 Å². The summed E-state index contributed by atoms with van der Waals surface area (Å²) in [6, 6.07) is 5.63. The van der Waals surface area contributed by atoms with Crippen molar-refractivity contribution in [3.63, 3.8) is 0 Å². The molecule has 1 saturated heterocycles. The van der Waals surface area contributed by atoms with Gasteiger partial charge in [-0.15, -0.1) is 0 Å². The molecule has 4 unspecified atom stereocenters. The Morgan fingerprint density at radius 2 is 2.15 bits per heavy atom. The highest BCUT2D eigenvalue weighted by molar-refractivity contribution is 5.82. The van der Waals surface area contributed by atoms with E-state index in [9.17, 15) is 9.90 Å². The van der Waals surface area contributed by atoms with Crippen LogP contribution in [0.3, 0.4) is 0 Å². The first-order valence-corrected chi connectivity index (χ1v) is 9.43. The third kappa shape index (κ3) is 3.88. The monoisotopic (exact) mass is 362 g/mol. The summed E-state index contributed by atoms with van der Waals surface area (Å²) in [7, 11) is 0. The van der Waals surface area contributed by atoms with Crippen molar-refractivity contribution in [1.82, 2.24) is 10.6 Å². The van der Waals surface area contributed by atoms with Gasteiger partial charge in [0.2, 0.25) is 12.7 Å². The Hall–Kier alpha value is -1.99. The molecular formula is C19H26N2O5. The van der Waals surface area contributed by atoms with Gasteiger partial charge < -0.3 is 30.0 Å². The maximum absolute atomic E-state index is 12.3. The van der Waals surface area contributed by atoms with Crippen LogP contribution in [-0.2, 0) is 4.79 Å². The minimum Gasteiger partial charge on any atom is -0.491 e. The molecule has 7 heteroatoms. The Labute approximate surface area is 153 Å². The van der Waals surface area contributed by atoms with Crippen LogP contribution in [0.15, 0.2) is 18.2 Å². The van der Waals surface area contributed by atoms with Gasteiger partial charge in [-0.05, 0) is 37.3 Å². The molecule has 0 radical (unpaired) electrons. The number of benzene rings is 1. The number of hydrogen-bond acceptors (Lipinski definition) is 6. The maximum atomic E-state index is 12.3. The van der Waals surface area contributed by atoms with Gasteiger partial charge in [0, 0.05) is 18.7 Å². The first kappa shape index (κ1) is 17.4. The SMILES string of the molecule is O=C(NCC(O)COc1ccc2c(c1)OCO2)C1CC2CCCCC2N1. The van der Waals surface area contributed by atoms with Gasteiger partial charge in [0.15, 0.2) is 11.5 Å². The Bertz CT molecular complexity index is 639. The van der Waals surface area contributed by atoms with Gasteiger partial charge in [-0.1, -0.05) is 12.8 Å². The van der Waals surface area contributed by atoms with Crippen molar-refractivity contribution in [2.75, 3.05) is 19.9 Å². The molecule has 142 valence electrons. The Morgan fingerprint density at radius 1 is 1.31 bits per heavy atom. The summed E-state index contributed by atoms with van der Waals surface area (Å²) < 4.78 is 16.1. The molecule has 0 spiro atoms. The molecule has 2 aliphatic heterocycles. The molecule has 7 nitrogen and oxygen atoms in total. The lowest BCUT2D eigenvalue weighted by molar-refractivity contribution is -0.123. The number of amides is 1. The van der Waals surface area contributed by atoms with Crippen LogP contribution in [0.1, 0.15) is 32.1 Å². The number of ether oxygens (including phenoxy) is 3. The molecule has 0 aromatic heterocycles. The summed E-state index contributed by atoms with van der Waals surface area (Å²) in [6.45, 7) is 0.491. The Balaban J connectivity index is 1.19. The maximum Gasteiger partial charge on any atom is 0.237 e. The third-order valence-corrected chi connectivity index (χ3v) is 5.48. The van der Waals surface area contributed by atoms with Crippen LogP contribution < -0.4 is 24.8 Å². The van der Waals surface area contributed by atoms with Crippen LogP contribution >= 0.6 is 0 Å². The molecule has 2 heterocycles. The van der Waals surface area contributed by atoms with Crippen molar-refractivity contribution in [3.05, 3.63) is 18.2 Å². The quantitative estimate of drug-likeness (QED) is 0.705. The zero-order valence-corrected chi connectivity index (χ0v) is 14.8. The fraction of sp³-hybridized carbons (Fsp3) is 0.632. The molecule has 3 aliphatic rings. The van der Waals surface area contributed by atoms with Gasteiger partial charge in [-0.25, -0.2) is 0 Å². The predicted molar refractivity (Wildman–Crippen MR) is 94.4 cm³/mol. The summed E-state index contributed by atoms with van der Waals surface area (Å²) in [5, 5.41) is 16.4. The smallest absolute Gasteiger partial charge is 0.237 e. The fourth-order valence-electron chi connectivity index (χ4n) is 4.08. The minimum atomic E-state index is -0.770. The first-order valence-electron chi connectivity index (χ1n) is 9.43. The van der Waals surface area contributed by atoms with Crippen molar-refractivity contribution in [2.45, 2.75) is 50.3 Å². The van der Waals surface area contributed by atoms with Crippen molar-refractivity contribution in [3.8, 4) is 17.2 Å². The van der Waals surface area contributed by atoms with Gasteiger partial charge in [0.05, 0.1) is 6.04 Å². The van der Waals surface area contributed by atoms with Crippen molar-refractivity contribution < 1.29 is 24.1 Å². The molecule has 0 bridgehead atoms. The van der Waals surface area contributed by atoms with E-state index in [1.54, 1.807) is 18.2 Å². The van der Waals surface area contributed by atoms with E-state index in [1.807, 2.05) is 0 Å². The van der Waals surface area contributed by atoms with Crippen LogP contribution in [0.5, 0.6) is 17.2 Å². The first-order chi connectivity index (χ1) is 12.7. The third-order valence-electron chi connectivity index (χ3n) is 5.48. The summed E-state index contributed by atoms with van der Waals surface area (Å²) in [5.74, 6) is 2.52. The fourth-order valence-corrected chi connectivity index (χ4v) is 4.08.